The summed E-state index contributed by atoms with van der Waals surface area (Å²) in [6, 6.07) is 1.12. The highest BCUT2D eigenvalue weighted by Gasteiger charge is 2.29. The number of benzene rings is 1. The summed E-state index contributed by atoms with van der Waals surface area (Å²) in [4.78, 5) is 24.8. The number of halogens is 2. The summed E-state index contributed by atoms with van der Waals surface area (Å²) in [5, 5.41) is 0.0923. The lowest BCUT2D eigenvalue weighted by atomic mass is 10.1. The van der Waals surface area contributed by atoms with Gasteiger partial charge < -0.3 is 14.0 Å². The normalized spacial score (nSPS) is 14.1. The zero-order valence-electron chi connectivity index (χ0n) is 12.7. The molecule has 1 heterocycles. The summed E-state index contributed by atoms with van der Waals surface area (Å²) in [5.74, 6) is -1.06. The number of esters is 1. The van der Waals surface area contributed by atoms with Gasteiger partial charge in [0.15, 0.2) is 5.75 Å². The van der Waals surface area contributed by atoms with E-state index in [1.54, 1.807) is 4.57 Å². The quantitative estimate of drug-likeness (QED) is 0.760. The molecule has 3 rings (SSSR count). The SMILES string of the molecule is CCn1cc(C(=O)OC2CC2)c(=O)c2cc(F)c(Br)c(OC)c21. The van der Waals surface area contributed by atoms with E-state index in [-0.39, 0.29) is 27.3 Å². The molecule has 1 aliphatic carbocycles. The van der Waals surface area contributed by atoms with Gasteiger partial charge in [-0.15, -0.1) is 0 Å². The number of pyridine rings is 1. The van der Waals surface area contributed by atoms with Crippen LogP contribution in [0, 0.1) is 5.82 Å². The first kappa shape index (κ1) is 16.0. The lowest BCUT2D eigenvalue weighted by Gasteiger charge is -2.15. The Hall–Kier alpha value is -1.89. The number of fused-ring (bicyclic) bond motifs is 1. The van der Waals surface area contributed by atoms with E-state index in [1.165, 1.54) is 13.3 Å². The average molecular weight is 384 g/mol. The summed E-state index contributed by atoms with van der Waals surface area (Å²) < 4.78 is 26.3. The van der Waals surface area contributed by atoms with E-state index in [2.05, 4.69) is 15.9 Å². The van der Waals surface area contributed by atoms with Crippen LogP contribution in [0.4, 0.5) is 4.39 Å². The Kier molecular flexibility index (Phi) is 4.14. The molecule has 2 aromatic rings. The standard InChI is InChI=1S/C16H15BrFNO4/c1-3-19-7-10(16(21)23-8-4-5-8)14(20)9-6-11(18)12(17)15(22-2)13(9)19/h6-8H,3-5H2,1-2H3. The van der Waals surface area contributed by atoms with Crippen molar-refractivity contribution < 1.29 is 18.7 Å². The van der Waals surface area contributed by atoms with Crippen LogP contribution in [-0.4, -0.2) is 23.8 Å². The monoisotopic (exact) mass is 383 g/mol. The van der Waals surface area contributed by atoms with Gasteiger partial charge in [-0.1, -0.05) is 0 Å². The van der Waals surface area contributed by atoms with Crippen LogP contribution >= 0.6 is 15.9 Å². The van der Waals surface area contributed by atoms with Gasteiger partial charge in [0, 0.05) is 12.7 Å². The van der Waals surface area contributed by atoms with Gasteiger partial charge in [-0.05, 0) is 41.8 Å². The predicted octanol–water partition coefficient (Wildman–Crippen LogP) is 3.25. The van der Waals surface area contributed by atoms with Crippen molar-refractivity contribution in [2.45, 2.75) is 32.4 Å². The first-order chi connectivity index (χ1) is 11.0. The molecule has 1 saturated carbocycles. The maximum atomic E-state index is 14.1. The lowest BCUT2D eigenvalue weighted by Crippen LogP contribution is -2.22. The molecule has 0 amide bonds. The van der Waals surface area contributed by atoms with Crippen LogP contribution in [0.15, 0.2) is 21.5 Å². The molecule has 0 atom stereocenters. The highest BCUT2D eigenvalue weighted by molar-refractivity contribution is 9.10. The predicted molar refractivity (Wildman–Crippen MR) is 86.5 cm³/mol. The lowest BCUT2D eigenvalue weighted by molar-refractivity contribution is 0.0470. The molecule has 5 nitrogen and oxygen atoms in total. The van der Waals surface area contributed by atoms with Crippen molar-refractivity contribution in [2.24, 2.45) is 0 Å². The minimum absolute atomic E-state index is 0.0879. The largest absolute Gasteiger partial charge is 0.493 e. The number of rotatable bonds is 4. The van der Waals surface area contributed by atoms with Gasteiger partial charge in [0.1, 0.15) is 17.5 Å². The molecule has 7 heteroatoms. The Bertz CT molecular complexity index is 858. The molecule has 0 unspecified atom stereocenters. The number of methoxy groups -OCH3 is 1. The average Bonchev–Trinajstić information content (AvgIpc) is 3.33. The first-order valence-corrected chi connectivity index (χ1v) is 8.07. The van der Waals surface area contributed by atoms with E-state index >= 15 is 0 Å². The molecule has 0 aliphatic heterocycles. The highest BCUT2D eigenvalue weighted by atomic mass is 79.9. The third-order valence-corrected chi connectivity index (χ3v) is 4.51. The summed E-state index contributed by atoms with van der Waals surface area (Å²) in [5.41, 5.74) is -0.202. The molecule has 1 aromatic heterocycles. The third kappa shape index (κ3) is 2.73. The smallest absolute Gasteiger partial charge is 0.343 e. The zero-order valence-corrected chi connectivity index (χ0v) is 14.3. The van der Waals surface area contributed by atoms with Crippen molar-refractivity contribution in [3.8, 4) is 5.75 Å². The summed E-state index contributed by atoms with van der Waals surface area (Å²) >= 11 is 3.13. The molecular weight excluding hydrogens is 369 g/mol. The molecule has 0 radical (unpaired) electrons. The molecule has 0 bridgehead atoms. The molecule has 0 saturated heterocycles. The van der Waals surface area contributed by atoms with Gasteiger partial charge in [-0.25, -0.2) is 9.18 Å². The summed E-state index contributed by atoms with van der Waals surface area (Å²) in [7, 11) is 1.40. The zero-order chi connectivity index (χ0) is 16.7. The number of aryl methyl sites for hydroxylation is 1. The maximum Gasteiger partial charge on any atom is 0.343 e. The first-order valence-electron chi connectivity index (χ1n) is 7.28. The maximum absolute atomic E-state index is 14.1. The fourth-order valence-electron chi connectivity index (χ4n) is 2.46. The van der Waals surface area contributed by atoms with Gasteiger partial charge in [-0.3, -0.25) is 4.79 Å². The van der Waals surface area contributed by atoms with Crippen LogP contribution in [0.5, 0.6) is 5.75 Å². The topological polar surface area (TPSA) is 57.5 Å². The van der Waals surface area contributed by atoms with E-state index in [1.807, 2.05) is 6.92 Å². The van der Waals surface area contributed by atoms with E-state index in [9.17, 15) is 14.0 Å². The molecule has 122 valence electrons. The molecule has 1 aromatic carbocycles. The Morgan fingerprint density at radius 1 is 1.48 bits per heavy atom. The summed E-state index contributed by atoms with van der Waals surface area (Å²) in [6.45, 7) is 2.34. The van der Waals surface area contributed by atoms with E-state index < -0.39 is 17.2 Å². The molecule has 1 aliphatic rings. The van der Waals surface area contributed by atoms with Gasteiger partial charge in [0.25, 0.3) is 0 Å². The minimum Gasteiger partial charge on any atom is -0.493 e. The van der Waals surface area contributed by atoms with Crippen LogP contribution < -0.4 is 10.2 Å². The number of ether oxygens (including phenoxy) is 2. The minimum atomic E-state index is -0.663. The fourth-order valence-corrected chi connectivity index (χ4v) is 2.92. The van der Waals surface area contributed by atoms with E-state index in [0.717, 1.165) is 18.9 Å². The number of carbonyl (C=O) groups is 1. The van der Waals surface area contributed by atoms with Crippen molar-refractivity contribution in [3.05, 3.63) is 38.3 Å². The molecule has 1 fully saturated rings. The van der Waals surface area contributed by atoms with Crippen molar-refractivity contribution >= 4 is 32.8 Å². The van der Waals surface area contributed by atoms with E-state index in [4.69, 9.17) is 9.47 Å². The van der Waals surface area contributed by atoms with Gasteiger partial charge >= 0.3 is 5.97 Å². The third-order valence-electron chi connectivity index (χ3n) is 3.77. The van der Waals surface area contributed by atoms with Crippen LogP contribution in [0.1, 0.15) is 30.1 Å². The van der Waals surface area contributed by atoms with Crippen LogP contribution in [0.3, 0.4) is 0 Å². The Labute approximate surface area is 140 Å². The molecule has 0 spiro atoms. The number of carbonyl (C=O) groups excluding carboxylic acids is 1. The van der Waals surface area contributed by atoms with Gasteiger partial charge in [0.2, 0.25) is 5.43 Å². The van der Waals surface area contributed by atoms with E-state index in [0.29, 0.717) is 12.1 Å². The Balaban J connectivity index is 2.30. The number of nitrogens with zero attached hydrogens (tertiary/aromatic N) is 1. The number of hydrogen-bond acceptors (Lipinski definition) is 4. The molecule has 0 N–H and O–H groups in total. The fraction of sp³-hybridized carbons (Fsp3) is 0.375. The Morgan fingerprint density at radius 2 is 2.17 bits per heavy atom. The second kappa shape index (κ2) is 5.96. The van der Waals surface area contributed by atoms with Crippen LogP contribution in [0.25, 0.3) is 10.9 Å². The summed E-state index contributed by atoms with van der Waals surface area (Å²) in [6.07, 6.45) is 2.97. The van der Waals surface area contributed by atoms with Crippen molar-refractivity contribution in [3.63, 3.8) is 0 Å². The highest BCUT2D eigenvalue weighted by Crippen LogP contribution is 2.35. The van der Waals surface area contributed by atoms with Crippen molar-refractivity contribution in [2.75, 3.05) is 7.11 Å². The molecule has 23 heavy (non-hydrogen) atoms. The van der Waals surface area contributed by atoms with Crippen LogP contribution in [-0.2, 0) is 11.3 Å². The Morgan fingerprint density at radius 3 is 2.74 bits per heavy atom. The van der Waals surface area contributed by atoms with Gasteiger partial charge in [-0.2, -0.15) is 0 Å². The van der Waals surface area contributed by atoms with Crippen molar-refractivity contribution in [1.29, 1.82) is 0 Å². The van der Waals surface area contributed by atoms with Gasteiger partial charge in [0.05, 0.1) is 22.5 Å². The van der Waals surface area contributed by atoms with Crippen molar-refractivity contribution in [1.82, 2.24) is 4.57 Å². The number of aromatic nitrogens is 1. The van der Waals surface area contributed by atoms with Crippen LogP contribution in [0.2, 0.25) is 0 Å². The molecular formula is C16H15BrFNO4. The second-order valence-electron chi connectivity index (χ2n) is 5.36. The second-order valence-corrected chi connectivity index (χ2v) is 6.16. The number of hydrogen-bond donors (Lipinski definition) is 0.